The largest absolute Gasteiger partial charge is 0.324 e. The Kier molecular flexibility index (Phi) is 3.43. The zero-order valence-corrected chi connectivity index (χ0v) is 12.2. The molecule has 1 fully saturated rings. The maximum absolute atomic E-state index is 6.03. The predicted octanol–water partition coefficient (Wildman–Crippen LogP) is 2.22. The van der Waals surface area contributed by atoms with E-state index in [1.807, 2.05) is 41.3 Å². The Labute approximate surface area is 121 Å². The topological polar surface area (TPSA) is 55.9 Å². The average Bonchev–Trinajstić information content (AvgIpc) is 2.95. The van der Waals surface area contributed by atoms with Gasteiger partial charge < -0.3 is 11.1 Å². The lowest BCUT2D eigenvalue weighted by Crippen LogP contribution is -2.35. The highest BCUT2D eigenvalue weighted by Crippen LogP contribution is 2.31. The minimum Gasteiger partial charge on any atom is -0.324 e. The van der Waals surface area contributed by atoms with Crippen molar-refractivity contribution in [1.29, 1.82) is 0 Å². The molecule has 0 aliphatic heterocycles. The Hall–Kier alpha value is -1.17. The summed E-state index contributed by atoms with van der Waals surface area (Å²) in [6.45, 7) is 1.70. The van der Waals surface area contributed by atoms with Crippen LogP contribution in [-0.2, 0) is 6.54 Å². The van der Waals surface area contributed by atoms with Crippen molar-refractivity contribution in [3.8, 4) is 5.69 Å². The molecule has 19 heavy (non-hydrogen) atoms. The van der Waals surface area contributed by atoms with E-state index in [9.17, 15) is 0 Å². The summed E-state index contributed by atoms with van der Waals surface area (Å²) in [6, 6.07) is 8.10. The second kappa shape index (κ2) is 5.07. The quantitative estimate of drug-likeness (QED) is 0.888. The minimum atomic E-state index is 0.0572. The molecule has 1 aliphatic carbocycles. The van der Waals surface area contributed by atoms with Crippen LogP contribution in [0.5, 0.6) is 0 Å². The van der Waals surface area contributed by atoms with Crippen LogP contribution in [0.2, 0.25) is 0 Å². The molecule has 0 saturated heterocycles. The van der Waals surface area contributed by atoms with Crippen LogP contribution >= 0.6 is 15.9 Å². The predicted molar refractivity (Wildman–Crippen MR) is 79.1 cm³/mol. The van der Waals surface area contributed by atoms with E-state index in [-0.39, 0.29) is 5.54 Å². The van der Waals surface area contributed by atoms with Crippen molar-refractivity contribution in [1.82, 2.24) is 15.1 Å². The SMILES string of the molecule is NC1(CNCc2cnn(-c3ccc(Br)cc3)c2)CC1. The highest BCUT2D eigenvalue weighted by Gasteiger charge is 2.37. The average molecular weight is 321 g/mol. The van der Waals surface area contributed by atoms with Crippen LogP contribution in [0.4, 0.5) is 0 Å². The van der Waals surface area contributed by atoms with Gasteiger partial charge in [0.1, 0.15) is 0 Å². The van der Waals surface area contributed by atoms with Crippen molar-refractivity contribution in [3.05, 3.63) is 46.7 Å². The van der Waals surface area contributed by atoms with Gasteiger partial charge in [0, 0.05) is 34.9 Å². The zero-order chi connectivity index (χ0) is 13.3. The summed E-state index contributed by atoms with van der Waals surface area (Å²) in [5.41, 5.74) is 8.33. The number of hydrogen-bond donors (Lipinski definition) is 2. The maximum Gasteiger partial charge on any atom is 0.0646 e. The van der Waals surface area contributed by atoms with E-state index in [4.69, 9.17) is 5.73 Å². The number of hydrogen-bond acceptors (Lipinski definition) is 3. The first-order valence-electron chi connectivity index (χ1n) is 6.44. The third kappa shape index (κ3) is 3.23. The Balaban J connectivity index is 1.60. The first kappa shape index (κ1) is 12.8. The summed E-state index contributed by atoms with van der Waals surface area (Å²) in [5, 5.41) is 7.77. The van der Waals surface area contributed by atoms with Crippen LogP contribution < -0.4 is 11.1 Å². The van der Waals surface area contributed by atoms with E-state index >= 15 is 0 Å². The molecule has 3 rings (SSSR count). The Bertz CT molecular complexity index is 557. The van der Waals surface area contributed by atoms with Gasteiger partial charge in [0.15, 0.2) is 0 Å². The maximum atomic E-state index is 6.03. The van der Waals surface area contributed by atoms with Crippen LogP contribution in [0, 0.1) is 0 Å². The summed E-state index contributed by atoms with van der Waals surface area (Å²) in [7, 11) is 0. The molecular weight excluding hydrogens is 304 g/mol. The highest BCUT2D eigenvalue weighted by atomic mass is 79.9. The monoisotopic (exact) mass is 320 g/mol. The molecule has 5 heteroatoms. The number of rotatable bonds is 5. The second-order valence-corrected chi connectivity index (χ2v) is 6.15. The summed E-state index contributed by atoms with van der Waals surface area (Å²) in [4.78, 5) is 0. The molecule has 1 heterocycles. The van der Waals surface area contributed by atoms with Crippen molar-refractivity contribution in [2.45, 2.75) is 24.9 Å². The smallest absolute Gasteiger partial charge is 0.0646 e. The molecule has 0 amide bonds. The fourth-order valence-corrected chi connectivity index (χ4v) is 2.24. The molecule has 1 aromatic heterocycles. The van der Waals surface area contributed by atoms with Crippen LogP contribution in [-0.4, -0.2) is 21.9 Å². The lowest BCUT2D eigenvalue weighted by molar-refractivity contribution is 0.569. The lowest BCUT2D eigenvalue weighted by Gasteiger charge is -2.08. The van der Waals surface area contributed by atoms with Gasteiger partial charge in [0.25, 0.3) is 0 Å². The molecule has 0 bridgehead atoms. The molecular formula is C14H17BrN4. The van der Waals surface area contributed by atoms with Gasteiger partial charge >= 0.3 is 0 Å². The fraction of sp³-hybridized carbons (Fsp3) is 0.357. The van der Waals surface area contributed by atoms with Gasteiger partial charge in [-0.1, -0.05) is 15.9 Å². The summed E-state index contributed by atoms with van der Waals surface area (Å²) in [6.07, 6.45) is 6.22. The van der Waals surface area contributed by atoms with E-state index in [1.54, 1.807) is 0 Å². The van der Waals surface area contributed by atoms with E-state index in [1.165, 1.54) is 5.56 Å². The van der Waals surface area contributed by atoms with E-state index in [0.29, 0.717) is 0 Å². The van der Waals surface area contributed by atoms with Gasteiger partial charge in [-0.05, 0) is 37.1 Å². The van der Waals surface area contributed by atoms with Gasteiger partial charge in [0.2, 0.25) is 0 Å². The van der Waals surface area contributed by atoms with Crippen molar-refractivity contribution in [2.24, 2.45) is 5.73 Å². The number of nitrogens with two attached hydrogens (primary N) is 1. The Morgan fingerprint density at radius 3 is 2.74 bits per heavy atom. The van der Waals surface area contributed by atoms with Crippen molar-refractivity contribution >= 4 is 15.9 Å². The third-order valence-corrected chi connectivity index (χ3v) is 3.95. The number of nitrogens with one attached hydrogen (secondary N) is 1. The lowest BCUT2D eigenvalue weighted by atomic mass is 10.3. The summed E-state index contributed by atoms with van der Waals surface area (Å²) >= 11 is 3.43. The van der Waals surface area contributed by atoms with Crippen LogP contribution in [0.15, 0.2) is 41.1 Å². The van der Waals surface area contributed by atoms with E-state index in [0.717, 1.165) is 36.1 Å². The number of aromatic nitrogens is 2. The molecule has 3 N–H and O–H groups in total. The van der Waals surface area contributed by atoms with Crippen LogP contribution in [0.25, 0.3) is 5.69 Å². The molecule has 1 aliphatic rings. The van der Waals surface area contributed by atoms with Crippen molar-refractivity contribution in [3.63, 3.8) is 0 Å². The van der Waals surface area contributed by atoms with Crippen LogP contribution in [0.1, 0.15) is 18.4 Å². The van der Waals surface area contributed by atoms with Gasteiger partial charge in [-0.2, -0.15) is 5.10 Å². The minimum absolute atomic E-state index is 0.0572. The second-order valence-electron chi connectivity index (χ2n) is 5.24. The molecule has 1 saturated carbocycles. The van der Waals surface area contributed by atoms with Crippen LogP contribution in [0.3, 0.4) is 0 Å². The summed E-state index contributed by atoms with van der Waals surface area (Å²) in [5.74, 6) is 0. The van der Waals surface area contributed by atoms with Gasteiger partial charge in [-0.15, -0.1) is 0 Å². The molecule has 1 aromatic carbocycles. The fourth-order valence-electron chi connectivity index (χ4n) is 1.98. The number of nitrogens with zero attached hydrogens (tertiary/aromatic N) is 2. The first-order valence-corrected chi connectivity index (χ1v) is 7.23. The van der Waals surface area contributed by atoms with E-state index < -0.39 is 0 Å². The zero-order valence-electron chi connectivity index (χ0n) is 10.6. The normalized spacial score (nSPS) is 16.5. The standard InChI is InChI=1S/C14H17BrN4/c15-12-1-3-13(4-2-12)19-9-11(8-18-19)7-17-10-14(16)5-6-14/h1-4,8-9,17H,5-7,10,16H2. The van der Waals surface area contributed by atoms with Crippen molar-refractivity contribution < 1.29 is 0 Å². The van der Waals surface area contributed by atoms with Gasteiger partial charge in [-0.25, -0.2) is 4.68 Å². The number of halogens is 1. The molecule has 0 unspecified atom stereocenters. The number of benzene rings is 1. The highest BCUT2D eigenvalue weighted by molar-refractivity contribution is 9.10. The van der Waals surface area contributed by atoms with Gasteiger partial charge in [-0.3, -0.25) is 0 Å². The molecule has 0 spiro atoms. The molecule has 2 aromatic rings. The molecule has 100 valence electrons. The van der Waals surface area contributed by atoms with Crippen molar-refractivity contribution in [2.75, 3.05) is 6.54 Å². The third-order valence-electron chi connectivity index (χ3n) is 3.43. The Morgan fingerprint density at radius 2 is 2.05 bits per heavy atom. The van der Waals surface area contributed by atoms with E-state index in [2.05, 4.69) is 26.3 Å². The summed E-state index contributed by atoms with van der Waals surface area (Å²) < 4.78 is 2.96. The molecule has 0 radical (unpaired) electrons. The Morgan fingerprint density at radius 1 is 1.32 bits per heavy atom. The first-order chi connectivity index (χ1) is 9.15. The molecule has 0 atom stereocenters. The van der Waals surface area contributed by atoms with Gasteiger partial charge in [0.05, 0.1) is 11.9 Å². The molecule has 4 nitrogen and oxygen atoms in total.